The van der Waals surface area contributed by atoms with Crippen LogP contribution in [0.2, 0.25) is 0 Å². The van der Waals surface area contributed by atoms with Gasteiger partial charge >= 0.3 is 5.76 Å². The molecule has 0 saturated carbocycles. The fraction of sp³-hybridized carbons (Fsp3) is 0. The van der Waals surface area contributed by atoms with E-state index < -0.39 is 5.76 Å². The summed E-state index contributed by atoms with van der Waals surface area (Å²) < 4.78 is 5.14. The van der Waals surface area contributed by atoms with Crippen molar-refractivity contribution >= 4 is 22.9 Å². The summed E-state index contributed by atoms with van der Waals surface area (Å²) >= 11 is 1.58. The third-order valence-corrected chi connectivity index (χ3v) is 3.43. The lowest BCUT2D eigenvalue weighted by molar-refractivity contribution is 0.550. The van der Waals surface area contributed by atoms with Crippen molar-refractivity contribution in [1.29, 1.82) is 0 Å². The largest absolute Gasteiger partial charge is 0.417 e. The average Bonchev–Trinajstić information content (AvgIpc) is 2.72. The molecular formula is C13H9NO2S. The number of nitrogens with one attached hydrogen (secondary N) is 1. The van der Waals surface area contributed by atoms with Crippen molar-refractivity contribution in [1.82, 2.24) is 4.98 Å². The van der Waals surface area contributed by atoms with Crippen LogP contribution >= 0.6 is 11.8 Å². The minimum absolute atomic E-state index is 0.416. The van der Waals surface area contributed by atoms with E-state index in [9.17, 15) is 4.79 Å². The number of benzene rings is 2. The molecule has 17 heavy (non-hydrogen) atoms. The summed E-state index contributed by atoms with van der Waals surface area (Å²) in [6, 6.07) is 15.7. The van der Waals surface area contributed by atoms with E-state index in [-0.39, 0.29) is 0 Å². The summed E-state index contributed by atoms with van der Waals surface area (Å²) in [6.45, 7) is 0. The molecule has 1 heterocycles. The fourth-order valence-corrected chi connectivity index (χ4v) is 2.58. The molecule has 0 spiro atoms. The molecule has 3 rings (SSSR count). The highest BCUT2D eigenvalue weighted by Gasteiger charge is 2.07. The van der Waals surface area contributed by atoms with Crippen molar-refractivity contribution in [3.63, 3.8) is 0 Å². The highest BCUT2D eigenvalue weighted by molar-refractivity contribution is 7.99. The molecule has 84 valence electrons. The van der Waals surface area contributed by atoms with Gasteiger partial charge in [-0.15, -0.1) is 0 Å². The molecule has 1 N–H and O–H groups in total. The molecule has 0 aliphatic heterocycles. The summed E-state index contributed by atoms with van der Waals surface area (Å²) in [5, 5.41) is 0. The van der Waals surface area contributed by atoms with Crippen LogP contribution in [-0.2, 0) is 0 Å². The highest BCUT2D eigenvalue weighted by Crippen LogP contribution is 2.32. The molecule has 0 unspecified atom stereocenters. The van der Waals surface area contributed by atoms with Crippen molar-refractivity contribution in [3.8, 4) is 0 Å². The van der Waals surface area contributed by atoms with Gasteiger partial charge in [0.25, 0.3) is 0 Å². The number of hydrogen-bond acceptors (Lipinski definition) is 3. The van der Waals surface area contributed by atoms with Gasteiger partial charge in [0, 0.05) is 4.90 Å². The molecule has 0 bridgehead atoms. The van der Waals surface area contributed by atoms with Gasteiger partial charge in [-0.3, -0.25) is 4.98 Å². The predicted molar refractivity (Wildman–Crippen MR) is 67.4 cm³/mol. The van der Waals surface area contributed by atoms with Crippen molar-refractivity contribution in [3.05, 3.63) is 59.1 Å². The van der Waals surface area contributed by atoms with Crippen LogP contribution in [0.1, 0.15) is 0 Å². The Bertz CT molecular complexity index is 700. The van der Waals surface area contributed by atoms with E-state index in [0.29, 0.717) is 5.58 Å². The Morgan fingerprint density at radius 1 is 1.00 bits per heavy atom. The van der Waals surface area contributed by atoms with Crippen LogP contribution < -0.4 is 5.76 Å². The second-order valence-corrected chi connectivity index (χ2v) is 4.68. The minimum atomic E-state index is -0.416. The van der Waals surface area contributed by atoms with Crippen molar-refractivity contribution in [2.45, 2.75) is 9.79 Å². The number of oxazole rings is 1. The van der Waals surface area contributed by atoms with E-state index in [2.05, 4.69) is 4.98 Å². The van der Waals surface area contributed by atoms with Gasteiger partial charge in [-0.2, -0.15) is 0 Å². The molecule has 0 amide bonds. The first kappa shape index (κ1) is 10.2. The predicted octanol–water partition coefficient (Wildman–Crippen LogP) is 3.27. The van der Waals surface area contributed by atoms with E-state index >= 15 is 0 Å². The van der Waals surface area contributed by atoms with Crippen LogP contribution in [-0.4, -0.2) is 4.98 Å². The number of rotatable bonds is 2. The van der Waals surface area contributed by atoms with E-state index in [1.165, 1.54) is 0 Å². The van der Waals surface area contributed by atoms with Crippen LogP contribution in [0, 0.1) is 0 Å². The second kappa shape index (κ2) is 4.14. The maximum absolute atomic E-state index is 11.2. The van der Waals surface area contributed by atoms with Gasteiger partial charge in [-0.25, -0.2) is 4.79 Å². The Morgan fingerprint density at radius 3 is 2.65 bits per heavy atom. The lowest BCUT2D eigenvalue weighted by Crippen LogP contribution is -1.92. The number of fused-ring (bicyclic) bond motifs is 1. The van der Waals surface area contributed by atoms with E-state index in [4.69, 9.17) is 4.42 Å². The highest BCUT2D eigenvalue weighted by atomic mass is 32.2. The monoisotopic (exact) mass is 243 g/mol. The Labute approximate surface area is 101 Å². The maximum atomic E-state index is 11.2. The van der Waals surface area contributed by atoms with Gasteiger partial charge in [-0.05, 0) is 24.3 Å². The second-order valence-electron chi connectivity index (χ2n) is 3.56. The average molecular weight is 243 g/mol. The Hall–Kier alpha value is -1.94. The molecular weight excluding hydrogens is 234 g/mol. The summed E-state index contributed by atoms with van der Waals surface area (Å²) in [6.07, 6.45) is 0. The van der Waals surface area contributed by atoms with Gasteiger partial charge in [-0.1, -0.05) is 36.0 Å². The fourth-order valence-electron chi connectivity index (χ4n) is 1.64. The molecule has 0 saturated heterocycles. The van der Waals surface area contributed by atoms with Crippen molar-refractivity contribution in [2.24, 2.45) is 0 Å². The third-order valence-electron chi connectivity index (χ3n) is 2.38. The van der Waals surface area contributed by atoms with Gasteiger partial charge in [0.05, 0.1) is 10.4 Å². The zero-order valence-corrected chi connectivity index (χ0v) is 9.66. The van der Waals surface area contributed by atoms with E-state index in [1.807, 2.05) is 48.5 Å². The normalized spacial score (nSPS) is 10.8. The van der Waals surface area contributed by atoms with Gasteiger partial charge in [0.15, 0.2) is 5.58 Å². The first-order valence-electron chi connectivity index (χ1n) is 5.18. The number of aromatic nitrogens is 1. The van der Waals surface area contributed by atoms with Crippen LogP contribution in [0.4, 0.5) is 0 Å². The molecule has 3 nitrogen and oxygen atoms in total. The summed E-state index contributed by atoms with van der Waals surface area (Å²) in [5.41, 5.74) is 1.35. The molecule has 4 heteroatoms. The summed E-state index contributed by atoms with van der Waals surface area (Å²) in [4.78, 5) is 15.9. The molecule has 0 aliphatic carbocycles. The standard InChI is InChI=1S/C13H9NO2S/c15-13-14-10-7-4-8-11(12(10)16-13)17-9-5-2-1-3-6-9/h1-8H,(H,14,15). The van der Waals surface area contributed by atoms with Crippen LogP contribution in [0.15, 0.2) is 67.5 Å². The SMILES string of the molecule is O=c1[nH]c2cccc(Sc3ccccc3)c2o1. The first-order valence-corrected chi connectivity index (χ1v) is 5.99. The minimum Gasteiger partial charge on any atom is -0.407 e. The lowest BCUT2D eigenvalue weighted by Gasteiger charge is -2.00. The third kappa shape index (κ3) is 1.99. The van der Waals surface area contributed by atoms with Crippen molar-refractivity contribution in [2.75, 3.05) is 0 Å². The molecule has 0 fully saturated rings. The zero-order chi connectivity index (χ0) is 11.7. The molecule has 0 atom stereocenters. The Kier molecular flexibility index (Phi) is 2.49. The molecule has 0 radical (unpaired) electrons. The lowest BCUT2D eigenvalue weighted by atomic mass is 10.3. The smallest absolute Gasteiger partial charge is 0.407 e. The van der Waals surface area contributed by atoms with Crippen molar-refractivity contribution < 1.29 is 4.42 Å². The van der Waals surface area contributed by atoms with E-state index in [0.717, 1.165) is 15.3 Å². The zero-order valence-electron chi connectivity index (χ0n) is 8.84. The van der Waals surface area contributed by atoms with Gasteiger partial charge < -0.3 is 4.42 Å². The number of aromatic amines is 1. The van der Waals surface area contributed by atoms with Gasteiger partial charge in [0.1, 0.15) is 0 Å². The molecule has 2 aromatic carbocycles. The van der Waals surface area contributed by atoms with E-state index in [1.54, 1.807) is 11.8 Å². The Morgan fingerprint density at radius 2 is 1.82 bits per heavy atom. The topological polar surface area (TPSA) is 46.0 Å². The quantitative estimate of drug-likeness (QED) is 0.751. The van der Waals surface area contributed by atoms with Crippen LogP contribution in [0.3, 0.4) is 0 Å². The van der Waals surface area contributed by atoms with Gasteiger partial charge in [0.2, 0.25) is 0 Å². The molecule has 3 aromatic rings. The Balaban J connectivity index is 2.09. The maximum Gasteiger partial charge on any atom is 0.417 e. The summed E-state index contributed by atoms with van der Waals surface area (Å²) in [7, 11) is 0. The number of hydrogen-bond donors (Lipinski definition) is 1. The number of H-pyrrole nitrogens is 1. The molecule has 0 aliphatic rings. The molecule has 1 aromatic heterocycles. The summed E-state index contributed by atoms with van der Waals surface area (Å²) in [5.74, 6) is -0.416. The first-order chi connectivity index (χ1) is 8.33. The number of para-hydroxylation sites is 1. The van der Waals surface area contributed by atoms with Crippen LogP contribution in [0.5, 0.6) is 0 Å². The van der Waals surface area contributed by atoms with Crippen LogP contribution in [0.25, 0.3) is 11.1 Å².